The van der Waals surface area contributed by atoms with Crippen LogP contribution < -0.4 is 5.32 Å². The number of rotatable bonds is 6. The fraction of sp³-hybridized carbons (Fsp3) is 0.429. The van der Waals surface area contributed by atoms with Gasteiger partial charge in [0.1, 0.15) is 0 Å². The molecule has 17 heavy (non-hydrogen) atoms. The van der Waals surface area contributed by atoms with E-state index in [9.17, 15) is 0 Å². The highest BCUT2D eigenvalue weighted by Crippen LogP contribution is 2.30. The SMILES string of the molecule is C=C(CC)CC(NCC)c1cc(Cl)ccc1Cl. The molecule has 0 heterocycles. The molecule has 0 radical (unpaired) electrons. The minimum atomic E-state index is 0.193. The Kier molecular flexibility index (Phi) is 6.04. The van der Waals surface area contributed by atoms with Gasteiger partial charge in [-0.2, -0.15) is 0 Å². The van der Waals surface area contributed by atoms with Gasteiger partial charge in [0.05, 0.1) is 0 Å². The fourth-order valence-corrected chi connectivity index (χ4v) is 2.18. The van der Waals surface area contributed by atoms with Gasteiger partial charge in [-0.05, 0) is 43.1 Å². The van der Waals surface area contributed by atoms with Crippen molar-refractivity contribution in [3.05, 3.63) is 46.0 Å². The Morgan fingerprint density at radius 2 is 2.06 bits per heavy atom. The topological polar surface area (TPSA) is 12.0 Å². The zero-order valence-corrected chi connectivity index (χ0v) is 11.9. The summed E-state index contributed by atoms with van der Waals surface area (Å²) in [6, 6.07) is 5.78. The second kappa shape index (κ2) is 7.05. The minimum Gasteiger partial charge on any atom is -0.310 e. The van der Waals surface area contributed by atoms with E-state index in [1.165, 1.54) is 5.57 Å². The van der Waals surface area contributed by atoms with Gasteiger partial charge < -0.3 is 5.32 Å². The molecule has 0 bridgehead atoms. The van der Waals surface area contributed by atoms with Crippen LogP contribution in [0.3, 0.4) is 0 Å². The van der Waals surface area contributed by atoms with Crippen LogP contribution in [0.1, 0.15) is 38.3 Å². The summed E-state index contributed by atoms with van der Waals surface area (Å²) in [4.78, 5) is 0. The van der Waals surface area contributed by atoms with Gasteiger partial charge in [-0.15, -0.1) is 0 Å². The molecule has 1 rings (SSSR count). The van der Waals surface area contributed by atoms with Crippen LogP contribution in [-0.4, -0.2) is 6.54 Å². The van der Waals surface area contributed by atoms with E-state index < -0.39 is 0 Å². The molecule has 0 aliphatic carbocycles. The Hall–Kier alpha value is -0.500. The third-order valence-corrected chi connectivity index (χ3v) is 3.36. The van der Waals surface area contributed by atoms with Gasteiger partial charge in [0.15, 0.2) is 0 Å². The molecule has 1 aromatic rings. The van der Waals surface area contributed by atoms with Crippen molar-refractivity contribution >= 4 is 23.2 Å². The zero-order chi connectivity index (χ0) is 12.8. The van der Waals surface area contributed by atoms with Crippen molar-refractivity contribution in [3.63, 3.8) is 0 Å². The fourth-order valence-electron chi connectivity index (χ4n) is 1.75. The summed E-state index contributed by atoms with van der Waals surface area (Å²) in [5.41, 5.74) is 2.27. The van der Waals surface area contributed by atoms with Gasteiger partial charge in [-0.25, -0.2) is 0 Å². The first kappa shape index (κ1) is 14.6. The molecule has 1 N–H and O–H groups in total. The summed E-state index contributed by atoms with van der Waals surface area (Å²) in [6.45, 7) is 9.15. The van der Waals surface area contributed by atoms with Crippen LogP contribution in [0.25, 0.3) is 0 Å². The van der Waals surface area contributed by atoms with Gasteiger partial charge in [0.2, 0.25) is 0 Å². The first-order valence-corrected chi connectivity index (χ1v) is 6.69. The largest absolute Gasteiger partial charge is 0.310 e. The highest BCUT2D eigenvalue weighted by atomic mass is 35.5. The molecular formula is C14H19Cl2N. The first-order chi connectivity index (χ1) is 8.08. The van der Waals surface area contributed by atoms with Crippen LogP contribution in [0, 0.1) is 0 Å². The molecule has 0 aromatic heterocycles. The summed E-state index contributed by atoms with van der Waals surface area (Å²) < 4.78 is 0. The number of hydrogen-bond acceptors (Lipinski definition) is 1. The van der Waals surface area contributed by atoms with Gasteiger partial charge in [0.25, 0.3) is 0 Å². The van der Waals surface area contributed by atoms with Gasteiger partial charge in [-0.3, -0.25) is 0 Å². The molecule has 1 unspecified atom stereocenters. The average Bonchev–Trinajstić information content (AvgIpc) is 2.31. The molecule has 1 aromatic carbocycles. The number of nitrogens with one attached hydrogen (secondary N) is 1. The summed E-state index contributed by atoms with van der Waals surface area (Å²) in [6.07, 6.45) is 1.88. The lowest BCUT2D eigenvalue weighted by Gasteiger charge is -2.20. The lowest BCUT2D eigenvalue weighted by atomic mass is 9.98. The normalized spacial score (nSPS) is 12.5. The molecule has 1 atom stereocenters. The van der Waals surface area contributed by atoms with Crippen LogP contribution in [0.4, 0.5) is 0 Å². The van der Waals surface area contributed by atoms with Gasteiger partial charge in [0, 0.05) is 16.1 Å². The van der Waals surface area contributed by atoms with E-state index in [4.69, 9.17) is 23.2 Å². The van der Waals surface area contributed by atoms with E-state index in [1.54, 1.807) is 0 Å². The molecule has 94 valence electrons. The standard InChI is InChI=1S/C14H19Cl2N/c1-4-10(3)8-14(17-5-2)12-9-11(15)6-7-13(12)16/h6-7,9,14,17H,3-5,8H2,1-2H3. The molecule has 0 amide bonds. The molecule has 1 nitrogen and oxygen atoms in total. The van der Waals surface area contributed by atoms with Crippen LogP contribution in [0.15, 0.2) is 30.4 Å². The maximum Gasteiger partial charge on any atom is 0.0454 e. The Morgan fingerprint density at radius 1 is 1.35 bits per heavy atom. The smallest absolute Gasteiger partial charge is 0.0454 e. The van der Waals surface area contributed by atoms with Crippen molar-refractivity contribution in [2.24, 2.45) is 0 Å². The highest BCUT2D eigenvalue weighted by Gasteiger charge is 2.14. The molecule has 0 spiro atoms. The molecule has 0 aliphatic heterocycles. The second-order valence-corrected chi connectivity index (χ2v) is 4.93. The van der Waals surface area contributed by atoms with Crippen LogP contribution >= 0.6 is 23.2 Å². The monoisotopic (exact) mass is 271 g/mol. The maximum atomic E-state index is 6.23. The minimum absolute atomic E-state index is 0.193. The van der Waals surface area contributed by atoms with E-state index in [2.05, 4.69) is 25.7 Å². The second-order valence-electron chi connectivity index (χ2n) is 4.08. The van der Waals surface area contributed by atoms with Gasteiger partial charge >= 0.3 is 0 Å². The number of halogens is 2. The van der Waals surface area contributed by atoms with E-state index >= 15 is 0 Å². The van der Waals surface area contributed by atoms with Crippen LogP contribution in [-0.2, 0) is 0 Å². The van der Waals surface area contributed by atoms with Crippen molar-refractivity contribution in [3.8, 4) is 0 Å². The maximum absolute atomic E-state index is 6.23. The predicted molar refractivity (Wildman–Crippen MR) is 76.9 cm³/mol. The average molecular weight is 272 g/mol. The van der Waals surface area contributed by atoms with E-state index in [0.29, 0.717) is 0 Å². The van der Waals surface area contributed by atoms with E-state index in [1.807, 2.05) is 18.2 Å². The van der Waals surface area contributed by atoms with Crippen molar-refractivity contribution in [2.45, 2.75) is 32.7 Å². The molecule has 0 saturated carbocycles. The predicted octanol–water partition coefficient (Wildman–Crippen LogP) is 5.00. The van der Waals surface area contributed by atoms with Crippen LogP contribution in [0.5, 0.6) is 0 Å². The lowest BCUT2D eigenvalue weighted by Crippen LogP contribution is -2.21. The quantitative estimate of drug-likeness (QED) is 0.718. The Morgan fingerprint density at radius 3 is 2.65 bits per heavy atom. The molecule has 3 heteroatoms. The summed E-state index contributed by atoms with van der Waals surface area (Å²) in [5.74, 6) is 0. The number of hydrogen-bond donors (Lipinski definition) is 1. The van der Waals surface area contributed by atoms with E-state index in [0.717, 1.165) is 35.0 Å². The van der Waals surface area contributed by atoms with Crippen molar-refractivity contribution in [1.29, 1.82) is 0 Å². The zero-order valence-electron chi connectivity index (χ0n) is 10.4. The summed E-state index contributed by atoms with van der Waals surface area (Å²) >= 11 is 12.2. The lowest BCUT2D eigenvalue weighted by molar-refractivity contribution is 0.543. The van der Waals surface area contributed by atoms with E-state index in [-0.39, 0.29) is 6.04 Å². The summed E-state index contributed by atoms with van der Waals surface area (Å²) in [7, 11) is 0. The molecule has 0 fully saturated rings. The first-order valence-electron chi connectivity index (χ1n) is 5.93. The van der Waals surface area contributed by atoms with Crippen molar-refractivity contribution < 1.29 is 0 Å². The van der Waals surface area contributed by atoms with Gasteiger partial charge in [-0.1, -0.05) is 49.2 Å². The molecule has 0 saturated heterocycles. The Balaban J connectivity index is 2.95. The Labute approximate surface area is 114 Å². The summed E-state index contributed by atoms with van der Waals surface area (Å²) in [5, 5.41) is 4.90. The third kappa shape index (κ3) is 4.34. The van der Waals surface area contributed by atoms with Crippen LogP contribution in [0.2, 0.25) is 10.0 Å². The molecular weight excluding hydrogens is 253 g/mol. The highest BCUT2D eigenvalue weighted by molar-refractivity contribution is 6.33. The van der Waals surface area contributed by atoms with Crippen molar-refractivity contribution in [1.82, 2.24) is 5.32 Å². The van der Waals surface area contributed by atoms with Crippen molar-refractivity contribution in [2.75, 3.05) is 6.54 Å². The molecule has 0 aliphatic rings. The number of benzene rings is 1. The third-order valence-electron chi connectivity index (χ3n) is 2.78. The Bertz CT molecular complexity index is 388.